The molecule has 1 saturated heterocycles. The minimum Gasteiger partial charge on any atom is -0.340 e. The van der Waals surface area contributed by atoms with Crippen molar-refractivity contribution in [1.29, 1.82) is 0 Å². The number of rotatable bonds is 5. The molecule has 2 aromatic rings. The Morgan fingerprint density at radius 1 is 1.03 bits per heavy atom. The quantitative estimate of drug-likeness (QED) is 0.480. The topological polar surface area (TPSA) is 101 Å². The molecule has 0 N–H and O–H groups in total. The van der Waals surface area contributed by atoms with E-state index in [1.54, 1.807) is 4.90 Å². The zero-order valence-corrected chi connectivity index (χ0v) is 18.1. The molecule has 2 aromatic carbocycles. The molecule has 1 saturated carbocycles. The van der Waals surface area contributed by atoms with E-state index in [9.17, 15) is 36.5 Å². The van der Waals surface area contributed by atoms with Gasteiger partial charge in [-0.25, -0.2) is 8.42 Å². The lowest BCUT2D eigenvalue weighted by molar-refractivity contribution is -0.385. The number of piperazine rings is 1. The van der Waals surface area contributed by atoms with Crippen LogP contribution < -0.4 is 0 Å². The van der Waals surface area contributed by atoms with Crippen LogP contribution in [0.2, 0.25) is 0 Å². The van der Waals surface area contributed by atoms with Crippen LogP contribution in [0.4, 0.5) is 18.9 Å². The molecule has 2 aliphatic rings. The summed E-state index contributed by atoms with van der Waals surface area (Å²) in [5.74, 6) is -0.625. The van der Waals surface area contributed by atoms with Gasteiger partial charge in [-0.3, -0.25) is 14.9 Å². The fourth-order valence-corrected chi connectivity index (χ4v) is 5.51. The summed E-state index contributed by atoms with van der Waals surface area (Å²) >= 11 is 0. The molecule has 8 nitrogen and oxygen atoms in total. The van der Waals surface area contributed by atoms with Gasteiger partial charge in [0.25, 0.3) is 5.69 Å². The number of alkyl halides is 3. The standard InChI is InChI=1S/C21H20F3N3O5S/c22-21(23,24)15-6-4-14(5-7-15)18-13-19(18)20(28)25-8-10-26(11-9-25)33(31,32)17-3-1-2-16(12-17)27(29)30/h1-7,12,18-19H,8-11,13H2. The van der Waals surface area contributed by atoms with Crippen LogP contribution in [0.15, 0.2) is 53.4 Å². The number of nitrogens with zero attached hydrogens (tertiary/aromatic N) is 3. The zero-order chi connectivity index (χ0) is 24.0. The number of benzene rings is 2. The van der Waals surface area contributed by atoms with Crippen molar-refractivity contribution < 1.29 is 31.3 Å². The van der Waals surface area contributed by atoms with E-state index in [0.29, 0.717) is 12.0 Å². The van der Waals surface area contributed by atoms with Crippen LogP contribution in [0.25, 0.3) is 0 Å². The van der Waals surface area contributed by atoms with E-state index >= 15 is 0 Å². The third kappa shape index (κ3) is 4.71. The number of nitro groups is 1. The minimum atomic E-state index is -4.41. The number of carbonyl (C=O) groups excluding carboxylic acids is 1. The second-order valence-corrected chi connectivity index (χ2v) is 9.99. The predicted octanol–water partition coefficient (Wildman–Crippen LogP) is 3.25. The van der Waals surface area contributed by atoms with Crippen LogP contribution in [0.3, 0.4) is 0 Å². The van der Waals surface area contributed by atoms with E-state index in [4.69, 9.17) is 0 Å². The lowest BCUT2D eigenvalue weighted by atomic mass is 10.1. The van der Waals surface area contributed by atoms with Crippen molar-refractivity contribution in [3.63, 3.8) is 0 Å². The fourth-order valence-electron chi connectivity index (χ4n) is 4.05. The van der Waals surface area contributed by atoms with E-state index in [-0.39, 0.29) is 54.5 Å². The predicted molar refractivity (Wildman–Crippen MR) is 111 cm³/mol. The van der Waals surface area contributed by atoms with Gasteiger partial charge in [-0.1, -0.05) is 18.2 Å². The second kappa shape index (κ2) is 8.41. The average Bonchev–Trinajstić information content (AvgIpc) is 3.59. The molecule has 1 aliphatic carbocycles. The third-order valence-corrected chi connectivity index (χ3v) is 7.88. The number of carbonyl (C=O) groups is 1. The molecule has 4 rings (SSSR count). The van der Waals surface area contributed by atoms with Crippen molar-refractivity contribution in [2.75, 3.05) is 26.2 Å². The molecule has 1 amide bonds. The largest absolute Gasteiger partial charge is 0.416 e. The maximum Gasteiger partial charge on any atom is 0.416 e. The van der Waals surface area contributed by atoms with Gasteiger partial charge >= 0.3 is 6.18 Å². The van der Waals surface area contributed by atoms with Crippen molar-refractivity contribution in [3.05, 3.63) is 69.8 Å². The number of halogens is 3. The summed E-state index contributed by atoms with van der Waals surface area (Å²) in [6.07, 6.45) is -3.88. The molecular weight excluding hydrogens is 463 g/mol. The van der Waals surface area contributed by atoms with Crippen LogP contribution in [0, 0.1) is 16.0 Å². The molecule has 12 heteroatoms. The van der Waals surface area contributed by atoms with Crippen molar-refractivity contribution in [2.24, 2.45) is 5.92 Å². The average molecular weight is 483 g/mol. The highest BCUT2D eigenvalue weighted by molar-refractivity contribution is 7.89. The number of hydrogen-bond acceptors (Lipinski definition) is 5. The van der Waals surface area contributed by atoms with Crippen LogP contribution in [0.5, 0.6) is 0 Å². The maximum absolute atomic E-state index is 12.8. The number of hydrogen-bond donors (Lipinski definition) is 0. The molecule has 0 spiro atoms. The summed E-state index contributed by atoms with van der Waals surface area (Å²) in [4.78, 5) is 24.5. The van der Waals surface area contributed by atoms with Gasteiger partial charge in [-0.05, 0) is 36.1 Å². The number of sulfonamides is 1. The van der Waals surface area contributed by atoms with Gasteiger partial charge < -0.3 is 4.90 Å². The van der Waals surface area contributed by atoms with Crippen LogP contribution >= 0.6 is 0 Å². The highest BCUT2D eigenvalue weighted by atomic mass is 32.2. The van der Waals surface area contributed by atoms with Gasteiger partial charge in [0, 0.05) is 44.2 Å². The summed E-state index contributed by atoms with van der Waals surface area (Å²) in [6.45, 7) is 0.440. The molecule has 2 atom stereocenters. The van der Waals surface area contributed by atoms with Gasteiger partial charge in [-0.15, -0.1) is 0 Å². The highest BCUT2D eigenvalue weighted by Gasteiger charge is 2.46. The van der Waals surface area contributed by atoms with Crippen molar-refractivity contribution in [1.82, 2.24) is 9.21 Å². The van der Waals surface area contributed by atoms with E-state index in [0.717, 1.165) is 18.2 Å². The Morgan fingerprint density at radius 2 is 1.67 bits per heavy atom. The summed E-state index contributed by atoms with van der Waals surface area (Å²) in [7, 11) is -3.94. The third-order valence-electron chi connectivity index (χ3n) is 5.99. The number of nitro benzene ring substituents is 1. The van der Waals surface area contributed by atoms with Crippen molar-refractivity contribution in [2.45, 2.75) is 23.4 Å². The summed E-state index contributed by atoms with van der Waals surface area (Å²) in [5, 5.41) is 10.9. The lowest BCUT2D eigenvalue weighted by Crippen LogP contribution is -2.51. The first-order chi connectivity index (χ1) is 15.5. The van der Waals surface area contributed by atoms with Gasteiger partial charge in [0.15, 0.2) is 0 Å². The summed E-state index contributed by atoms with van der Waals surface area (Å²) in [6, 6.07) is 9.61. The monoisotopic (exact) mass is 483 g/mol. The minimum absolute atomic E-state index is 0.0500. The molecule has 0 bridgehead atoms. The Balaban J connectivity index is 1.36. The van der Waals surface area contributed by atoms with E-state index in [1.165, 1.54) is 34.6 Å². The molecule has 176 valence electrons. The Kier molecular flexibility index (Phi) is 5.91. The van der Waals surface area contributed by atoms with Gasteiger partial charge in [0.1, 0.15) is 0 Å². The normalized spacial score (nSPS) is 21.6. The highest BCUT2D eigenvalue weighted by Crippen LogP contribution is 2.49. The molecule has 2 unspecified atom stereocenters. The Hall–Kier alpha value is -2.99. The van der Waals surface area contributed by atoms with Gasteiger partial charge in [-0.2, -0.15) is 17.5 Å². The van der Waals surface area contributed by atoms with Crippen LogP contribution in [0.1, 0.15) is 23.5 Å². The SMILES string of the molecule is O=C(C1CC1c1ccc(C(F)(F)F)cc1)N1CCN(S(=O)(=O)c2cccc([N+](=O)[O-])c2)CC1. The summed E-state index contributed by atoms with van der Waals surface area (Å²) in [5.41, 5.74) is -0.392. The van der Waals surface area contributed by atoms with Crippen LogP contribution in [-0.4, -0.2) is 54.6 Å². The second-order valence-electron chi connectivity index (χ2n) is 8.05. The van der Waals surface area contributed by atoms with E-state index in [2.05, 4.69) is 0 Å². The molecule has 2 fully saturated rings. The summed E-state index contributed by atoms with van der Waals surface area (Å²) < 4.78 is 65.0. The molecule has 0 aromatic heterocycles. The Morgan fingerprint density at radius 3 is 2.24 bits per heavy atom. The van der Waals surface area contributed by atoms with Crippen molar-refractivity contribution >= 4 is 21.6 Å². The maximum atomic E-state index is 12.8. The van der Waals surface area contributed by atoms with Crippen LogP contribution in [-0.2, 0) is 21.0 Å². The smallest absolute Gasteiger partial charge is 0.340 e. The van der Waals surface area contributed by atoms with Gasteiger partial charge in [0.05, 0.1) is 15.4 Å². The zero-order valence-electron chi connectivity index (χ0n) is 17.2. The molecule has 0 radical (unpaired) electrons. The molecule has 33 heavy (non-hydrogen) atoms. The Labute approximate surface area is 187 Å². The molecule has 1 aliphatic heterocycles. The van der Waals surface area contributed by atoms with E-state index < -0.39 is 26.7 Å². The molecular formula is C21H20F3N3O5S. The van der Waals surface area contributed by atoms with Crippen molar-refractivity contribution in [3.8, 4) is 0 Å². The first-order valence-electron chi connectivity index (χ1n) is 10.2. The first-order valence-corrected chi connectivity index (χ1v) is 11.6. The van der Waals surface area contributed by atoms with E-state index in [1.807, 2.05) is 0 Å². The Bertz CT molecular complexity index is 1180. The first kappa shape index (κ1) is 23.2. The number of non-ortho nitro benzene ring substituents is 1. The van der Waals surface area contributed by atoms with Gasteiger partial charge in [0.2, 0.25) is 15.9 Å². The number of amides is 1. The fraction of sp³-hybridized carbons (Fsp3) is 0.381. The molecule has 1 heterocycles. The lowest BCUT2D eigenvalue weighted by Gasteiger charge is -2.34.